The third-order valence-corrected chi connectivity index (χ3v) is 3.91. The smallest absolute Gasteiger partial charge is 0.387 e. The molecule has 0 saturated heterocycles. The van der Waals surface area contributed by atoms with Gasteiger partial charge in [-0.1, -0.05) is 19.9 Å². The molecule has 154 valence electrons. The van der Waals surface area contributed by atoms with E-state index >= 15 is 0 Å². The highest BCUT2D eigenvalue weighted by Crippen LogP contribution is 2.18. The highest BCUT2D eigenvalue weighted by Gasteiger charge is 2.21. The van der Waals surface area contributed by atoms with Crippen LogP contribution in [0.4, 0.5) is 14.5 Å². The third kappa shape index (κ3) is 6.38. The van der Waals surface area contributed by atoms with Crippen LogP contribution in [0.25, 0.3) is 0 Å². The lowest BCUT2D eigenvalue weighted by Gasteiger charge is -2.14. The van der Waals surface area contributed by atoms with Gasteiger partial charge in [0, 0.05) is 17.2 Å². The first-order chi connectivity index (χ1) is 13.7. The number of hydrogen-bond donors (Lipinski definition) is 1. The molecule has 1 unspecified atom stereocenters. The number of carbonyl (C=O) groups excluding carboxylic acids is 3. The number of nitrogens with one attached hydrogen (secondary N) is 1. The Hall–Kier alpha value is -3.29. The first kappa shape index (κ1) is 22.0. The van der Waals surface area contributed by atoms with Crippen LogP contribution in [0.5, 0.6) is 5.75 Å². The normalized spacial score (nSPS) is 11.8. The van der Waals surface area contributed by atoms with Gasteiger partial charge in [-0.05, 0) is 49.4 Å². The maximum atomic E-state index is 12.5. The summed E-state index contributed by atoms with van der Waals surface area (Å²) in [7, 11) is 0. The van der Waals surface area contributed by atoms with Gasteiger partial charge in [0.2, 0.25) is 11.7 Å². The molecule has 1 atom stereocenters. The standard InChI is InChI=1S/C21H21F2NO5/c1-12(2)19(26)24-16-9-7-14(8-10-16)18(25)13(3)28-20(27)15-5-4-6-17(11-15)29-21(22)23/h4-13,21H,1-3H3,(H,24,26). The number of halogens is 2. The van der Waals surface area contributed by atoms with E-state index in [-0.39, 0.29) is 23.1 Å². The Morgan fingerprint density at radius 1 is 0.931 bits per heavy atom. The molecule has 29 heavy (non-hydrogen) atoms. The molecule has 0 fully saturated rings. The van der Waals surface area contributed by atoms with E-state index < -0.39 is 24.5 Å². The molecule has 1 amide bonds. The summed E-state index contributed by atoms with van der Waals surface area (Å²) in [5, 5.41) is 2.71. The number of ketones is 1. The Kier molecular flexibility index (Phi) is 7.41. The Labute approximate surface area is 166 Å². The van der Waals surface area contributed by atoms with E-state index in [0.717, 1.165) is 6.07 Å². The minimum absolute atomic E-state index is 0.0189. The van der Waals surface area contributed by atoms with Crippen LogP contribution < -0.4 is 10.1 Å². The molecule has 0 bridgehead atoms. The fourth-order valence-electron chi connectivity index (χ4n) is 2.32. The van der Waals surface area contributed by atoms with E-state index in [1.54, 1.807) is 26.0 Å². The summed E-state index contributed by atoms with van der Waals surface area (Å²) in [6.07, 6.45) is -1.10. The van der Waals surface area contributed by atoms with Gasteiger partial charge >= 0.3 is 12.6 Å². The lowest BCUT2D eigenvalue weighted by Crippen LogP contribution is -2.24. The lowest BCUT2D eigenvalue weighted by atomic mass is 10.1. The number of alkyl halides is 2. The summed E-state index contributed by atoms with van der Waals surface area (Å²) >= 11 is 0. The highest BCUT2D eigenvalue weighted by atomic mass is 19.3. The van der Waals surface area contributed by atoms with Crippen molar-refractivity contribution in [1.29, 1.82) is 0 Å². The van der Waals surface area contributed by atoms with Gasteiger partial charge in [0.05, 0.1) is 5.56 Å². The molecular formula is C21H21F2NO5. The van der Waals surface area contributed by atoms with Crippen LogP contribution in [-0.2, 0) is 9.53 Å². The van der Waals surface area contributed by atoms with Crippen molar-refractivity contribution in [3.8, 4) is 5.75 Å². The predicted molar refractivity (Wildman–Crippen MR) is 102 cm³/mol. The average molecular weight is 405 g/mol. The second-order valence-corrected chi connectivity index (χ2v) is 6.54. The zero-order chi connectivity index (χ0) is 21.6. The van der Waals surface area contributed by atoms with Crippen LogP contribution in [0.15, 0.2) is 48.5 Å². The molecule has 2 rings (SSSR count). The summed E-state index contributed by atoms with van der Waals surface area (Å²) < 4.78 is 34.0. The predicted octanol–water partition coefficient (Wildman–Crippen LogP) is 4.31. The molecule has 2 aromatic rings. The third-order valence-electron chi connectivity index (χ3n) is 3.91. The summed E-state index contributed by atoms with van der Waals surface area (Å²) in [6.45, 7) is 1.92. The van der Waals surface area contributed by atoms with Crippen molar-refractivity contribution in [3.05, 3.63) is 59.7 Å². The number of anilines is 1. The topological polar surface area (TPSA) is 81.7 Å². The van der Waals surface area contributed by atoms with Crippen LogP contribution in [0.2, 0.25) is 0 Å². The van der Waals surface area contributed by atoms with Gasteiger partial charge in [0.1, 0.15) is 5.75 Å². The van der Waals surface area contributed by atoms with Crippen LogP contribution in [0, 0.1) is 5.92 Å². The quantitative estimate of drug-likeness (QED) is 0.523. The molecule has 0 aliphatic carbocycles. The van der Waals surface area contributed by atoms with Crippen LogP contribution in [0.1, 0.15) is 41.5 Å². The van der Waals surface area contributed by atoms with E-state index in [2.05, 4.69) is 10.1 Å². The molecule has 2 aromatic carbocycles. The summed E-state index contributed by atoms with van der Waals surface area (Å²) in [4.78, 5) is 36.4. The molecular weight excluding hydrogens is 384 g/mol. The van der Waals surface area contributed by atoms with Crippen molar-refractivity contribution in [1.82, 2.24) is 0 Å². The maximum absolute atomic E-state index is 12.5. The number of amides is 1. The van der Waals surface area contributed by atoms with Crippen LogP contribution >= 0.6 is 0 Å². The van der Waals surface area contributed by atoms with E-state index in [1.807, 2.05) is 0 Å². The second kappa shape index (κ2) is 9.77. The van der Waals surface area contributed by atoms with Crippen molar-refractivity contribution in [2.75, 3.05) is 5.32 Å². The molecule has 0 heterocycles. The Bertz CT molecular complexity index is 881. The number of rotatable bonds is 8. The molecule has 0 aliphatic heterocycles. The number of carbonyl (C=O) groups is 3. The van der Waals surface area contributed by atoms with Gasteiger partial charge in [-0.15, -0.1) is 0 Å². The molecule has 0 aliphatic rings. The number of benzene rings is 2. The second-order valence-electron chi connectivity index (χ2n) is 6.54. The summed E-state index contributed by atoms with van der Waals surface area (Å²) in [6, 6.07) is 11.3. The van der Waals surface area contributed by atoms with E-state index in [4.69, 9.17) is 4.74 Å². The van der Waals surface area contributed by atoms with Gasteiger partial charge in [0.15, 0.2) is 6.10 Å². The molecule has 0 aromatic heterocycles. The van der Waals surface area contributed by atoms with Crippen LogP contribution in [0.3, 0.4) is 0 Å². The Balaban J connectivity index is 2.01. The molecule has 0 spiro atoms. The highest BCUT2D eigenvalue weighted by molar-refractivity contribution is 6.02. The van der Waals surface area contributed by atoms with Crippen molar-refractivity contribution < 1.29 is 32.6 Å². The zero-order valence-electron chi connectivity index (χ0n) is 16.1. The van der Waals surface area contributed by atoms with E-state index in [9.17, 15) is 23.2 Å². The number of hydrogen-bond acceptors (Lipinski definition) is 5. The number of Topliss-reactive ketones (excluding diaryl/α,β-unsaturated/α-hetero) is 1. The molecule has 0 radical (unpaired) electrons. The number of esters is 1. The maximum Gasteiger partial charge on any atom is 0.387 e. The molecule has 0 saturated carbocycles. The van der Waals surface area contributed by atoms with Crippen molar-refractivity contribution in [3.63, 3.8) is 0 Å². The van der Waals surface area contributed by atoms with Gasteiger partial charge in [-0.2, -0.15) is 8.78 Å². The Morgan fingerprint density at radius 2 is 1.59 bits per heavy atom. The first-order valence-electron chi connectivity index (χ1n) is 8.88. The average Bonchev–Trinajstić information content (AvgIpc) is 2.67. The van der Waals surface area contributed by atoms with Crippen molar-refractivity contribution >= 4 is 23.3 Å². The van der Waals surface area contributed by atoms with Gasteiger partial charge in [-0.25, -0.2) is 4.79 Å². The molecule has 6 nitrogen and oxygen atoms in total. The summed E-state index contributed by atoms with van der Waals surface area (Å²) in [5.74, 6) is -1.80. The number of ether oxygens (including phenoxy) is 2. The van der Waals surface area contributed by atoms with Crippen LogP contribution in [-0.4, -0.2) is 30.4 Å². The van der Waals surface area contributed by atoms with Crippen molar-refractivity contribution in [2.45, 2.75) is 33.5 Å². The largest absolute Gasteiger partial charge is 0.451 e. The SMILES string of the molecule is CC(C)C(=O)Nc1ccc(C(=O)C(C)OC(=O)c2cccc(OC(F)F)c2)cc1. The molecule has 1 N–H and O–H groups in total. The fourth-order valence-corrected chi connectivity index (χ4v) is 2.32. The molecule has 8 heteroatoms. The van der Waals surface area contributed by atoms with E-state index in [0.29, 0.717) is 11.3 Å². The summed E-state index contributed by atoms with van der Waals surface area (Å²) in [5.41, 5.74) is 0.818. The minimum Gasteiger partial charge on any atom is -0.451 e. The van der Waals surface area contributed by atoms with Gasteiger partial charge in [-0.3, -0.25) is 9.59 Å². The van der Waals surface area contributed by atoms with Gasteiger partial charge < -0.3 is 14.8 Å². The lowest BCUT2D eigenvalue weighted by molar-refractivity contribution is -0.118. The van der Waals surface area contributed by atoms with Crippen molar-refractivity contribution in [2.24, 2.45) is 5.92 Å². The fraction of sp³-hybridized carbons (Fsp3) is 0.286. The van der Waals surface area contributed by atoms with Gasteiger partial charge in [0.25, 0.3) is 0 Å². The Morgan fingerprint density at radius 3 is 2.17 bits per heavy atom. The monoisotopic (exact) mass is 405 g/mol. The van der Waals surface area contributed by atoms with E-state index in [1.165, 1.54) is 37.3 Å². The zero-order valence-corrected chi connectivity index (χ0v) is 16.1. The first-order valence-corrected chi connectivity index (χ1v) is 8.88. The minimum atomic E-state index is -3.02.